The van der Waals surface area contributed by atoms with E-state index in [1.807, 2.05) is 0 Å². The maximum absolute atomic E-state index is 11.9. The van der Waals surface area contributed by atoms with E-state index >= 15 is 0 Å². The predicted octanol–water partition coefficient (Wildman–Crippen LogP) is 1.67. The molecule has 3 nitrogen and oxygen atoms in total. The summed E-state index contributed by atoms with van der Waals surface area (Å²) in [5, 5.41) is 3.16. The van der Waals surface area contributed by atoms with Gasteiger partial charge in [-0.05, 0) is 32.2 Å². The molecule has 1 aliphatic carbocycles. The fourth-order valence-electron chi connectivity index (χ4n) is 3.92. The monoisotopic (exact) mass is 222 g/mol. The quantitative estimate of drug-likeness (QED) is 0.676. The normalized spacial score (nSPS) is 34.5. The van der Waals surface area contributed by atoms with Gasteiger partial charge in [0.25, 0.3) is 0 Å². The fraction of sp³-hybridized carbons (Fsp3) is 0.923. The molecular weight excluding hydrogens is 200 g/mol. The third-order valence-corrected chi connectivity index (χ3v) is 4.79. The molecule has 3 heteroatoms. The number of piperazine rings is 1. The van der Waals surface area contributed by atoms with Crippen LogP contribution < -0.4 is 5.32 Å². The van der Waals surface area contributed by atoms with Crippen molar-refractivity contribution in [2.75, 3.05) is 13.1 Å². The standard InChI is InChI=1S/C13H22N2O/c16-12-11-6-2-5-9-15(11)13(10-14-12)7-3-1-4-8-13/h11H,1-10H2,(H,14,16). The Morgan fingerprint density at radius 1 is 1.12 bits per heavy atom. The van der Waals surface area contributed by atoms with Crippen LogP contribution in [0.5, 0.6) is 0 Å². The van der Waals surface area contributed by atoms with E-state index in [0.717, 1.165) is 19.5 Å². The number of nitrogens with zero attached hydrogens (tertiary/aromatic N) is 1. The molecular formula is C13H22N2O. The average molecular weight is 222 g/mol. The molecule has 16 heavy (non-hydrogen) atoms. The van der Waals surface area contributed by atoms with Gasteiger partial charge in [-0.1, -0.05) is 25.7 Å². The first-order valence-electron chi connectivity index (χ1n) is 6.86. The molecule has 0 bridgehead atoms. The van der Waals surface area contributed by atoms with Crippen LogP contribution in [0.15, 0.2) is 0 Å². The van der Waals surface area contributed by atoms with Crippen LogP contribution in [0.3, 0.4) is 0 Å². The fourth-order valence-corrected chi connectivity index (χ4v) is 3.92. The smallest absolute Gasteiger partial charge is 0.237 e. The zero-order valence-electron chi connectivity index (χ0n) is 10.0. The highest BCUT2D eigenvalue weighted by Gasteiger charge is 2.47. The lowest BCUT2D eigenvalue weighted by Gasteiger charge is -2.54. The maximum atomic E-state index is 11.9. The van der Waals surface area contributed by atoms with Gasteiger partial charge in [0.1, 0.15) is 0 Å². The first kappa shape index (κ1) is 10.6. The molecule has 1 amide bonds. The number of carbonyl (C=O) groups excluding carboxylic acids is 1. The molecule has 1 atom stereocenters. The van der Waals surface area contributed by atoms with Crippen LogP contribution in [0.2, 0.25) is 0 Å². The summed E-state index contributed by atoms with van der Waals surface area (Å²) in [5.74, 6) is 0.288. The van der Waals surface area contributed by atoms with Crippen molar-refractivity contribution in [1.29, 1.82) is 0 Å². The second kappa shape index (κ2) is 4.02. The molecule has 3 fully saturated rings. The summed E-state index contributed by atoms with van der Waals surface area (Å²) in [6, 6.07) is 0.195. The van der Waals surface area contributed by atoms with Gasteiger partial charge in [0.2, 0.25) is 5.91 Å². The van der Waals surface area contributed by atoms with E-state index in [0.29, 0.717) is 5.54 Å². The van der Waals surface area contributed by atoms with Gasteiger partial charge >= 0.3 is 0 Å². The Morgan fingerprint density at radius 3 is 2.75 bits per heavy atom. The van der Waals surface area contributed by atoms with Gasteiger partial charge in [-0.25, -0.2) is 0 Å². The van der Waals surface area contributed by atoms with E-state index in [2.05, 4.69) is 10.2 Å². The molecule has 3 rings (SSSR count). The molecule has 90 valence electrons. The second-order valence-corrected chi connectivity index (χ2v) is 5.71. The van der Waals surface area contributed by atoms with Gasteiger partial charge in [0.05, 0.1) is 6.04 Å². The lowest BCUT2D eigenvalue weighted by atomic mass is 9.76. The van der Waals surface area contributed by atoms with Gasteiger partial charge in [-0.3, -0.25) is 9.69 Å². The van der Waals surface area contributed by atoms with Crippen molar-refractivity contribution in [2.45, 2.75) is 62.9 Å². The van der Waals surface area contributed by atoms with Gasteiger partial charge in [0, 0.05) is 12.1 Å². The van der Waals surface area contributed by atoms with E-state index in [1.165, 1.54) is 44.9 Å². The van der Waals surface area contributed by atoms with Crippen molar-refractivity contribution in [3.05, 3.63) is 0 Å². The number of piperidine rings is 1. The van der Waals surface area contributed by atoms with Crippen molar-refractivity contribution in [2.24, 2.45) is 0 Å². The topological polar surface area (TPSA) is 32.3 Å². The highest BCUT2D eigenvalue weighted by molar-refractivity contribution is 5.83. The summed E-state index contributed by atoms with van der Waals surface area (Å²) in [6.07, 6.45) is 10.3. The molecule has 1 saturated carbocycles. The minimum absolute atomic E-state index is 0.195. The van der Waals surface area contributed by atoms with E-state index in [1.54, 1.807) is 0 Å². The third kappa shape index (κ3) is 1.56. The van der Waals surface area contributed by atoms with Crippen LogP contribution in [-0.2, 0) is 4.79 Å². The summed E-state index contributed by atoms with van der Waals surface area (Å²) < 4.78 is 0. The second-order valence-electron chi connectivity index (χ2n) is 5.71. The minimum atomic E-state index is 0.195. The van der Waals surface area contributed by atoms with E-state index in [9.17, 15) is 4.79 Å². The van der Waals surface area contributed by atoms with E-state index in [-0.39, 0.29) is 11.9 Å². The largest absolute Gasteiger partial charge is 0.353 e. The SMILES string of the molecule is O=C1NCC2(CCCCC2)N2CCCCC12. The Hall–Kier alpha value is -0.570. The predicted molar refractivity (Wildman–Crippen MR) is 63.2 cm³/mol. The molecule has 1 unspecified atom stereocenters. The van der Waals surface area contributed by atoms with Gasteiger partial charge in [-0.2, -0.15) is 0 Å². The number of fused-ring (bicyclic) bond motifs is 2. The van der Waals surface area contributed by atoms with Gasteiger partial charge in [-0.15, -0.1) is 0 Å². The maximum Gasteiger partial charge on any atom is 0.237 e. The van der Waals surface area contributed by atoms with Crippen LogP contribution in [0, 0.1) is 0 Å². The molecule has 1 spiro atoms. The number of amides is 1. The Kier molecular flexibility index (Phi) is 2.66. The molecule has 0 aromatic heterocycles. The molecule has 2 heterocycles. The summed E-state index contributed by atoms with van der Waals surface area (Å²) in [4.78, 5) is 14.5. The van der Waals surface area contributed by atoms with Crippen LogP contribution in [0.25, 0.3) is 0 Å². The number of carbonyl (C=O) groups is 1. The molecule has 1 N–H and O–H groups in total. The molecule has 0 aromatic carbocycles. The first-order valence-corrected chi connectivity index (χ1v) is 6.86. The van der Waals surface area contributed by atoms with E-state index in [4.69, 9.17) is 0 Å². The summed E-state index contributed by atoms with van der Waals surface area (Å²) >= 11 is 0. The van der Waals surface area contributed by atoms with Crippen LogP contribution >= 0.6 is 0 Å². The Balaban J connectivity index is 1.85. The summed E-state index contributed by atoms with van der Waals surface area (Å²) in [7, 11) is 0. The molecule has 0 aromatic rings. The van der Waals surface area contributed by atoms with Gasteiger partial charge < -0.3 is 5.32 Å². The lowest BCUT2D eigenvalue weighted by molar-refractivity contribution is -0.139. The lowest BCUT2D eigenvalue weighted by Crippen LogP contribution is -2.69. The minimum Gasteiger partial charge on any atom is -0.353 e. The zero-order valence-corrected chi connectivity index (χ0v) is 10.0. The van der Waals surface area contributed by atoms with Crippen LogP contribution in [-0.4, -0.2) is 35.5 Å². The highest BCUT2D eigenvalue weighted by Crippen LogP contribution is 2.39. The molecule has 2 aliphatic heterocycles. The Labute approximate surface area is 97.6 Å². The van der Waals surface area contributed by atoms with E-state index < -0.39 is 0 Å². The van der Waals surface area contributed by atoms with Crippen molar-refractivity contribution in [3.63, 3.8) is 0 Å². The first-order chi connectivity index (χ1) is 7.82. The van der Waals surface area contributed by atoms with Crippen molar-refractivity contribution in [1.82, 2.24) is 10.2 Å². The zero-order chi connectivity index (χ0) is 11.0. The highest BCUT2D eigenvalue weighted by atomic mass is 16.2. The Morgan fingerprint density at radius 2 is 1.94 bits per heavy atom. The molecule has 3 aliphatic rings. The summed E-state index contributed by atoms with van der Waals surface area (Å²) in [6.45, 7) is 2.06. The summed E-state index contributed by atoms with van der Waals surface area (Å²) in [5.41, 5.74) is 0.331. The number of hydrogen-bond acceptors (Lipinski definition) is 2. The van der Waals surface area contributed by atoms with Crippen molar-refractivity contribution >= 4 is 5.91 Å². The average Bonchev–Trinajstić information content (AvgIpc) is 2.36. The van der Waals surface area contributed by atoms with Crippen molar-refractivity contribution in [3.8, 4) is 0 Å². The van der Waals surface area contributed by atoms with Gasteiger partial charge in [0.15, 0.2) is 0 Å². The number of nitrogens with one attached hydrogen (secondary N) is 1. The van der Waals surface area contributed by atoms with Crippen molar-refractivity contribution < 1.29 is 4.79 Å². The molecule has 2 saturated heterocycles. The number of rotatable bonds is 0. The Bertz CT molecular complexity index is 284. The van der Waals surface area contributed by atoms with Crippen LogP contribution in [0.4, 0.5) is 0 Å². The molecule has 0 radical (unpaired) electrons. The third-order valence-electron chi connectivity index (χ3n) is 4.79. The van der Waals surface area contributed by atoms with Crippen LogP contribution in [0.1, 0.15) is 51.4 Å². The number of hydrogen-bond donors (Lipinski definition) is 1.